The van der Waals surface area contributed by atoms with Crippen molar-refractivity contribution in [3.05, 3.63) is 58.7 Å². The van der Waals surface area contributed by atoms with Crippen LogP contribution in [0.1, 0.15) is 31.0 Å². The van der Waals surface area contributed by atoms with Gasteiger partial charge in [-0.05, 0) is 29.7 Å². The molecule has 4 heteroatoms. The molecule has 0 aliphatic rings. The second kappa shape index (κ2) is 7.11. The summed E-state index contributed by atoms with van der Waals surface area (Å²) in [6.07, 6.45) is 2.80. The SMILES string of the molecule is CCc1ccc(C(N)C(C)Sc2ncccc2Cl)cc1. The maximum Gasteiger partial charge on any atom is 0.115 e. The fourth-order valence-corrected chi connectivity index (χ4v) is 3.17. The molecule has 0 fully saturated rings. The first-order chi connectivity index (χ1) is 9.61. The molecule has 1 heterocycles. The van der Waals surface area contributed by atoms with Crippen LogP contribution in [0.15, 0.2) is 47.6 Å². The normalized spacial score (nSPS) is 14.0. The van der Waals surface area contributed by atoms with Crippen LogP contribution >= 0.6 is 23.4 Å². The summed E-state index contributed by atoms with van der Waals surface area (Å²) in [4.78, 5) is 4.30. The molecule has 2 atom stereocenters. The van der Waals surface area contributed by atoms with Gasteiger partial charge in [-0.2, -0.15) is 0 Å². The maximum absolute atomic E-state index is 6.34. The van der Waals surface area contributed by atoms with Crippen LogP contribution in [0.2, 0.25) is 5.02 Å². The van der Waals surface area contributed by atoms with E-state index < -0.39 is 0 Å². The van der Waals surface area contributed by atoms with Gasteiger partial charge in [0.1, 0.15) is 5.03 Å². The standard InChI is InChI=1S/C16H19ClN2S/c1-3-12-6-8-13(9-7-12)15(18)11(2)20-16-14(17)5-4-10-19-16/h4-11,15H,3,18H2,1-2H3. The van der Waals surface area contributed by atoms with Crippen molar-refractivity contribution in [2.75, 3.05) is 0 Å². The van der Waals surface area contributed by atoms with Crippen molar-refractivity contribution in [1.82, 2.24) is 4.98 Å². The van der Waals surface area contributed by atoms with E-state index in [1.54, 1.807) is 18.0 Å². The number of rotatable bonds is 5. The van der Waals surface area contributed by atoms with Crippen molar-refractivity contribution in [2.24, 2.45) is 5.73 Å². The van der Waals surface area contributed by atoms with Gasteiger partial charge in [0.2, 0.25) is 0 Å². The van der Waals surface area contributed by atoms with Gasteiger partial charge >= 0.3 is 0 Å². The Morgan fingerprint density at radius 3 is 2.55 bits per heavy atom. The van der Waals surface area contributed by atoms with Crippen LogP contribution in [-0.4, -0.2) is 10.2 Å². The molecule has 1 aromatic heterocycles. The molecule has 0 saturated carbocycles. The zero-order chi connectivity index (χ0) is 14.5. The highest BCUT2D eigenvalue weighted by molar-refractivity contribution is 8.00. The van der Waals surface area contributed by atoms with E-state index in [9.17, 15) is 0 Å². The Morgan fingerprint density at radius 2 is 1.95 bits per heavy atom. The lowest BCUT2D eigenvalue weighted by Crippen LogP contribution is -2.21. The fraction of sp³-hybridized carbons (Fsp3) is 0.312. The molecular weight excluding hydrogens is 288 g/mol. The van der Waals surface area contributed by atoms with E-state index in [1.807, 2.05) is 12.1 Å². The number of benzene rings is 1. The van der Waals surface area contributed by atoms with Gasteiger partial charge in [0.05, 0.1) is 5.02 Å². The lowest BCUT2D eigenvalue weighted by atomic mass is 10.0. The monoisotopic (exact) mass is 306 g/mol. The molecule has 20 heavy (non-hydrogen) atoms. The molecule has 2 rings (SSSR count). The topological polar surface area (TPSA) is 38.9 Å². The second-order valence-electron chi connectivity index (χ2n) is 4.73. The van der Waals surface area contributed by atoms with E-state index in [0.717, 1.165) is 17.0 Å². The number of aryl methyl sites for hydroxylation is 1. The molecule has 0 aliphatic carbocycles. The third-order valence-corrected chi connectivity index (χ3v) is 4.93. The molecule has 2 N–H and O–H groups in total. The van der Waals surface area contributed by atoms with Gasteiger partial charge in [0, 0.05) is 17.5 Å². The Morgan fingerprint density at radius 1 is 1.25 bits per heavy atom. The minimum Gasteiger partial charge on any atom is -0.323 e. The lowest BCUT2D eigenvalue weighted by molar-refractivity contribution is 0.713. The van der Waals surface area contributed by atoms with Crippen molar-refractivity contribution in [2.45, 2.75) is 36.6 Å². The van der Waals surface area contributed by atoms with E-state index in [0.29, 0.717) is 5.02 Å². The fourth-order valence-electron chi connectivity index (χ4n) is 1.95. The molecule has 1 aromatic carbocycles. The number of halogens is 1. The number of nitrogens with two attached hydrogens (primary N) is 1. The lowest BCUT2D eigenvalue weighted by Gasteiger charge is -2.20. The summed E-state index contributed by atoms with van der Waals surface area (Å²) >= 11 is 7.75. The third-order valence-electron chi connectivity index (χ3n) is 3.30. The summed E-state index contributed by atoms with van der Waals surface area (Å²) < 4.78 is 0. The van der Waals surface area contributed by atoms with E-state index in [4.69, 9.17) is 17.3 Å². The number of pyridine rings is 1. The zero-order valence-electron chi connectivity index (χ0n) is 11.7. The van der Waals surface area contributed by atoms with Crippen LogP contribution < -0.4 is 5.73 Å². The number of hydrogen-bond acceptors (Lipinski definition) is 3. The minimum absolute atomic E-state index is 0.0380. The molecule has 2 nitrogen and oxygen atoms in total. The number of nitrogens with zero attached hydrogens (tertiary/aromatic N) is 1. The Hall–Kier alpha value is -1.03. The molecule has 0 spiro atoms. The summed E-state index contributed by atoms with van der Waals surface area (Å²) in [5, 5.41) is 1.72. The first kappa shape index (κ1) is 15.4. The van der Waals surface area contributed by atoms with Gasteiger partial charge in [-0.15, -0.1) is 0 Å². The van der Waals surface area contributed by atoms with Crippen molar-refractivity contribution in [1.29, 1.82) is 0 Å². The van der Waals surface area contributed by atoms with Crippen LogP contribution in [0, 0.1) is 0 Å². The van der Waals surface area contributed by atoms with Crippen molar-refractivity contribution in [3.8, 4) is 0 Å². The van der Waals surface area contributed by atoms with Crippen LogP contribution in [-0.2, 0) is 6.42 Å². The Kier molecular flexibility index (Phi) is 5.46. The van der Waals surface area contributed by atoms with Gasteiger partial charge in [0.25, 0.3) is 0 Å². The average Bonchev–Trinajstić information content (AvgIpc) is 2.49. The smallest absolute Gasteiger partial charge is 0.115 e. The number of hydrogen-bond donors (Lipinski definition) is 1. The Labute approximate surface area is 129 Å². The van der Waals surface area contributed by atoms with E-state index >= 15 is 0 Å². The molecule has 0 radical (unpaired) electrons. The highest BCUT2D eigenvalue weighted by Crippen LogP contribution is 2.33. The molecule has 0 amide bonds. The van der Waals surface area contributed by atoms with Crippen molar-refractivity contribution < 1.29 is 0 Å². The molecule has 106 valence electrons. The Bertz CT molecular complexity index is 557. The van der Waals surface area contributed by atoms with Crippen molar-refractivity contribution in [3.63, 3.8) is 0 Å². The predicted octanol–water partition coefficient (Wildman–Crippen LogP) is 4.48. The quantitative estimate of drug-likeness (QED) is 0.828. The summed E-state index contributed by atoms with van der Waals surface area (Å²) in [5.74, 6) is 0. The first-order valence-corrected chi connectivity index (χ1v) is 7.99. The molecule has 0 bridgehead atoms. The summed E-state index contributed by atoms with van der Waals surface area (Å²) in [5.41, 5.74) is 8.81. The molecule has 2 unspecified atom stereocenters. The zero-order valence-corrected chi connectivity index (χ0v) is 13.3. The predicted molar refractivity (Wildman–Crippen MR) is 87.3 cm³/mol. The van der Waals surface area contributed by atoms with Crippen LogP contribution in [0.3, 0.4) is 0 Å². The van der Waals surface area contributed by atoms with E-state index in [-0.39, 0.29) is 11.3 Å². The molecular formula is C16H19ClN2S. The molecule has 0 aliphatic heterocycles. The second-order valence-corrected chi connectivity index (χ2v) is 6.51. The summed E-state index contributed by atoms with van der Waals surface area (Å²) in [6.45, 7) is 4.25. The van der Waals surface area contributed by atoms with Gasteiger partial charge < -0.3 is 5.73 Å². The van der Waals surface area contributed by atoms with Crippen LogP contribution in [0.5, 0.6) is 0 Å². The number of thioether (sulfide) groups is 1. The largest absolute Gasteiger partial charge is 0.323 e. The number of aromatic nitrogens is 1. The van der Waals surface area contributed by atoms with Crippen molar-refractivity contribution >= 4 is 23.4 Å². The molecule has 2 aromatic rings. The highest BCUT2D eigenvalue weighted by atomic mass is 35.5. The minimum atomic E-state index is -0.0380. The third kappa shape index (κ3) is 3.75. The van der Waals surface area contributed by atoms with Gasteiger partial charge in [-0.1, -0.05) is 61.5 Å². The maximum atomic E-state index is 6.34. The molecule has 0 saturated heterocycles. The van der Waals surface area contributed by atoms with Gasteiger partial charge in [0.15, 0.2) is 0 Å². The van der Waals surface area contributed by atoms with Crippen LogP contribution in [0.4, 0.5) is 0 Å². The van der Waals surface area contributed by atoms with Crippen LogP contribution in [0.25, 0.3) is 0 Å². The van der Waals surface area contributed by atoms with Gasteiger partial charge in [-0.3, -0.25) is 0 Å². The Balaban J connectivity index is 2.08. The van der Waals surface area contributed by atoms with Gasteiger partial charge in [-0.25, -0.2) is 4.98 Å². The first-order valence-electron chi connectivity index (χ1n) is 6.73. The summed E-state index contributed by atoms with van der Waals surface area (Å²) in [6, 6.07) is 12.1. The average molecular weight is 307 g/mol. The van der Waals surface area contributed by atoms with E-state index in [1.165, 1.54) is 5.56 Å². The summed E-state index contributed by atoms with van der Waals surface area (Å²) in [7, 11) is 0. The highest BCUT2D eigenvalue weighted by Gasteiger charge is 2.17. The van der Waals surface area contributed by atoms with E-state index in [2.05, 4.69) is 43.1 Å².